The number of benzene rings is 2. The molecule has 1 aliphatic heterocycles. The number of carbonyl (C=O) groups is 2. The first-order chi connectivity index (χ1) is 15.5. The van der Waals surface area contributed by atoms with Crippen molar-refractivity contribution in [3.63, 3.8) is 0 Å². The number of imide groups is 1. The lowest BCUT2D eigenvalue weighted by Crippen LogP contribution is -2.35. The summed E-state index contributed by atoms with van der Waals surface area (Å²) in [4.78, 5) is 24.2. The Bertz CT molecular complexity index is 1150. The first-order valence-electron chi connectivity index (χ1n) is 9.77. The first-order valence-corrected chi connectivity index (χ1v) is 11.6. The number of ether oxygens (including phenoxy) is 2. The molecule has 2 aromatic carbocycles. The SMILES string of the molecule is Cc1ccc(Nc2nnc(SCC(=O)NC(=O)Nc3ccc4c(c3)OCCO4)s2)cc1C. The molecule has 0 bridgehead atoms. The number of carbonyl (C=O) groups excluding carboxylic acids is 2. The molecular weight excluding hydrogens is 450 g/mol. The predicted molar refractivity (Wildman–Crippen MR) is 124 cm³/mol. The number of nitrogens with one attached hydrogen (secondary N) is 3. The zero-order chi connectivity index (χ0) is 22.5. The van der Waals surface area contributed by atoms with E-state index in [1.807, 2.05) is 25.1 Å². The lowest BCUT2D eigenvalue weighted by molar-refractivity contribution is -0.117. The first kappa shape index (κ1) is 21.9. The van der Waals surface area contributed by atoms with E-state index in [0.29, 0.717) is 39.9 Å². The molecule has 0 saturated carbocycles. The van der Waals surface area contributed by atoms with Crippen molar-refractivity contribution in [1.82, 2.24) is 15.5 Å². The summed E-state index contributed by atoms with van der Waals surface area (Å²) < 4.78 is 11.5. The quantitative estimate of drug-likeness (QED) is 0.460. The van der Waals surface area contributed by atoms with Gasteiger partial charge in [-0.1, -0.05) is 29.2 Å². The second-order valence-electron chi connectivity index (χ2n) is 6.95. The van der Waals surface area contributed by atoms with Gasteiger partial charge in [-0.15, -0.1) is 10.2 Å². The van der Waals surface area contributed by atoms with Gasteiger partial charge in [0.1, 0.15) is 13.2 Å². The highest BCUT2D eigenvalue weighted by molar-refractivity contribution is 8.01. The molecule has 166 valence electrons. The molecule has 11 heteroatoms. The molecule has 9 nitrogen and oxygen atoms in total. The van der Waals surface area contributed by atoms with Gasteiger partial charge >= 0.3 is 6.03 Å². The van der Waals surface area contributed by atoms with E-state index >= 15 is 0 Å². The fourth-order valence-electron chi connectivity index (χ4n) is 2.83. The Hall–Kier alpha value is -3.31. The molecule has 32 heavy (non-hydrogen) atoms. The molecule has 4 rings (SSSR count). The number of nitrogens with zero attached hydrogens (tertiary/aromatic N) is 2. The van der Waals surface area contributed by atoms with Crippen molar-refractivity contribution >= 4 is 51.5 Å². The average Bonchev–Trinajstić information content (AvgIpc) is 3.22. The molecule has 2 heterocycles. The van der Waals surface area contributed by atoms with Crippen LogP contribution in [0.5, 0.6) is 11.5 Å². The molecule has 0 atom stereocenters. The number of hydrogen-bond acceptors (Lipinski definition) is 9. The molecule has 1 aliphatic rings. The number of fused-ring (bicyclic) bond motifs is 1. The second-order valence-corrected chi connectivity index (χ2v) is 9.15. The van der Waals surface area contributed by atoms with Crippen LogP contribution in [0.25, 0.3) is 0 Å². The summed E-state index contributed by atoms with van der Waals surface area (Å²) in [7, 11) is 0. The maximum atomic E-state index is 12.1. The monoisotopic (exact) mass is 471 g/mol. The number of rotatable bonds is 6. The second kappa shape index (κ2) is 9.88. The number of hydrogen-bond donors (Lipinski definition) is 3. The van der Waals surface area contributed by atoms with Crippen molar-refractivity contribution < 1.29 is 19.1 Å². The summed E-state index contributed by atoms with van der Waals surface area (Å²) in [5.74, 6) is 0.770. The van der Waals surface area contributed by atoms with E-state index in [4.69, 9.17) is 9.47 Å². The van der Waals surface area contributed by atoms with Crippen molar-refractivity contribution in [3.8, 4) is 11.5 Å². The molecule has 3 N–H and O–H groups in total. The molecule has 0 fully saturated rings. The van der Waals surface area contributed by atoms with Crippen LogP contribution in [0.3, 0.4) is 0 Å². The zero-order valence-corrected chi connectivity index (χ0v) is 19.1. The average molecular weight is 472 g/mol. The van der Waals surface area contributed by atoms with Gasteiger partial charge in [-0.05, 0) is 49.2 Å². The van der Waals surface area contributed by atoms with Crippen molar-refractivity contribution in [2.45, 2.75) is 18.2 Å². The van der Waals surface area contributed by atoms with E-state index in [1.165, 1.54) is 34.2 Å². The van der Waals surface area contributed by atoms with E-state index in [0.717, 1.165) is 5.69 Å². The fraction of sp³-hybridized carbons (Fsp3) is 0.238. The lowest BCUT2D eigenvalue weighted by atomic mass is 10.1. The van der Waals surface area contributed by atoms with Crippen LogP contribution in [0, 0.1) is 13.8 Å². The minimum atomic E-state index is -0.623. The van der Waals surface area contributed by atoms with Gasteiger partial charge in [0.15, 0.2) is 15.8 Å². The number of aromatic nitrogens is 2. The Morgan fingerprint density at radius 1 is 1.00 bits per heavy atom. The maximum absolute atomic E-state index is 12.1. The highest BCUT2D eigenvalue weighted by Crippen LogP contribution is 2.32. The summed E-state index contributed by atoms with van der Waals surface area (Å²) in [5, 5.41) is 16.9. The van der Waals surface area contributed by atoms with Gasteiger partial charge < -0.3 is 20.1 Å². The highest BCUT2D eigenvalue weighted by Gasteiger charge is 2.15. The predicted octanol–water partition coefficient (Wildman–Crippen LogP) is 4.11. The summed E-state index contributed by atoms with van der Waals surface area (Å²) in [5.41, 5.74) is 3.82. The van der Waals surface area contributed by atoms with Crippen LogP contribution in [-0.2, 0) is 4.79 Å². The smallest absolute Gasteiger partial charge is 0.325 e. The molecule has 3 amide bonds. The van der Waals surface area contributed by atoms with Gasteiger partial charge in [-0.25, -0.2) is 4.79 Å². The molecule has 0 radical (unpaired) electrons. The molecule has 0 saturated heterocycles. The van der Waals surface area contributed by atoms with E-state index in [9.17, 15) is 9.59 Å². The van der Waals surface area contributed by atoms with Gasteiger partial charge in [0.25, 0.3) is 0 Å². The van der Waals surface area contributed by atoms with Gasteiger partial charge in [-0.3, -0.25) is 10.1 Å². The minimum absolute atomic E-state index is 0.0346. The van der Waals surface area contributed by atoms with Crippen LogP contribution in [0.15, 0.2) is 40.7 Å². The molecule has 0 unspecified atom stereocenters. The topological polar surface area (TPSA) is 114 Å². The third kappa shape index (κ3) is 5.68. The number of anilines is 3. The van der Waals surface area contributed by atoms with Gasteiger partial charge in [0.2, 0.25) is 11.0 Å². The van der Waals surface area contributed by atoms with Crippen LogP contribution in [-0.4, -0.2) is 41.1 Å². The minimum Gasteiger partial charge on any atom is -0.486 e. The van der Waals surface area contributed by atoms with E-state index in [1.54, 1.807) is 18.2 Å². The van der Waals surface area contributed by atoms with E-state index < -0.39 is 11.9 Å². The molecule has 0 spiro atoms. The van der Waals surface area contributed by atoms with Crippen LogP contribution in [0.4, 0.5) is 21.3 Å². The third-order valence-electron chi connectivity index (χ3n) is 4.54. The van der Waals surface area contributed by atoms with E-state index in [2.05, 4.69) is 33.1 Å². The number of thioether (sulfide) groups is 1. The fourth-order valence-corrected chi connectivity index (χ4v) is 4.41. The molecular formula is C21H21N5O4S2. The summed E-state index contributed by atoms with van der Waals surface area (Å²) >= 11 is 2.55. The van der Waals surface area contributed by atoms with Crippen LogP contribution in [0.1, 0.15) is 11.1 Å². The molecule has 3 aromatic rings. The van der Waals surface area contributed by atoms with Gasteiger partial charge in [0.05, 0.1) is 5.75 Å². The maximum Gasteiger partial charge on any atom is 0.325 e. The van der Waals surface area contributed by atoms with Crippen LogP contribution >= 0.6 is 23.1 Å². The van der Waals surface area contributed by atoms with Crippen molar-refractivity contribution in [3.05, 3.63) is 47.5 Å². The summed E-state index contributed by atoms with van der Waals surface area (Å²) in [6.07, 6.45) is 0. The highest BCUT2D eigenvalue weighted by atomic mass is 32.2. The standard InChI is InChI=1S/C21H21N5O4S2/c1-12-3-4-14(9-13(12)2)23-20-25-26-21(32-20)31-11-18(27)24-19(28)22-15-5-6-16-17(10-15)30-8-7-29-16/h3-6,9-10H,7-8,11H2,1-2H3,(H,23,25)(H2,22,24,27,28). The van der Waals surface area contributed by atoms with Gasteiger partial charge in [0, 0.05) is 17.4 Å². The Labute approximate surface area is 192 Å². The summed E-state index contributed by atoms with van der Waals surface area (Å²) in [6.45, 7) is 5.04. The zero-order valence-electron chi connectivity index (χ0n) is 17.4. The van der Waals surface area contributed by atoms with Crippen molar-refractivity contribution in [1.29, 1.82) is 0 Å². The Morgan fingerprint density at radius 2 is 1.78 bits per heavy atom. The Morgan fingerprint density at radius 3 is 2.59 bits per heavy atom. The Kier molecular flexibility index (Phi) is 6.76. The third-order valence-corrected chi connectivity index (χ3v) is 6.52. The van der Waals surface area contributed by atoms with Crippen LogP contribution in [0.2, 0.25) is 0 Å². The van der Waals surface area contributed by atoms with Crippen molar-refractivity contribution in [2.75, 3.05) is 29.6 Å². The van der Waals surface area contributed by atoms with E-state index in [-0.39, 0.29) is 5.75 Å². The van der Waals surface area contributed by atoms with Gasteiger partial charge in [-0.2, -0.15) is 0 Å². The number of aryl methyl sites for hydroxylation is 2. The van der Waals surface area contributed by atoms with Crippen LogP contribution < -0.4 is 25.4 Å². The largest absolute Gasteiger partial charge is 0.486 e. The summed E-state index contributed by atoms with van der Waals surface area (Å²) in [6, 6.07) is 10.5. The van der Waals surface area contributed by atoms with Crippen molar-refractivity contribution in [2.24, 2.45) is 0 Å². The number of amides is 3. The number of urea groups is 1. The molecule has 1 aromatic heterocycles. The molecule has 0 aliphatic carbocycles. The lowest BCUT2D eigenvalue weighted by Gasteiger charge is -2.19. The Balaban J connectivity index is 1.24. The normalized spacial score (nSPS) is 12.2.